The van der Waals surface area contributed by atoms with Crippen molar-refractivity contribution in [3.05, 3.63) is 71.6 Å². The summed E-state index contributed by atoms with van der Waals surface area (Å²) < 4.78 is 29.0. The highest BCUT2D eigenvalue weighted by Gasteiger charge is 2.52. The number of rotatable bonds is 9. The molecule has 0 aliphatic carbocycles. The summed E-state index contributed by atoms with van der Waals surface area (Å²) in [5.41, 5.74) is 6.43. The Morgan fingerprint density at radius 2 is 1.80 bits per heavy atom. The van der Waals surface area contributed by atoms with Gasteiger partial charge in [-0.1, -0.05) is 30.3 Å². The van der Waals surface area contributed by atoms with Crippen LogP contribution in [-0.4, -0.2) is 59.4 Å². The molecular formula is C25H27F2N4O4. The molecule has 3 N–H and O–H groups in total. The number of likely N-dealkylation sites (tertiary alicyclic amines) is 1. The van der Waals surface area contributed by atoms with Crippen LogP contribution in [0, 0.1) is 6.42 Å². The van der Waals surface area contributed by atoms with Crippen molar-refractivity contribution in [2.24, 2.45) is 5.73 Å². The molecule has 2 aliphatic heterocycles. The molecular weight excluding hydrogens is 458 g/mol. The number of piperidine rings is 1. The summed E-state index contributed by atoms with van der Waals surface area (Å²) in [7, 11) is 0. The molecule has 1 radical (unpaired) electrons. The Kier molecular flexibility index (Phi) is 7.30. The molecule has 2 saturated heterocycles. The Labute approximate surface area is 202 Å². The fourth-order valence-corrected chi connectivity index (χ4v) is 4.58. The summed E-state index contributed by atoms with van der Waals surface area (Å²) in [6, 6.07) is 12.6. The average molecular weight is 486 g/mol. The quantitative estimate of drug-likeness (QED) is 0.532. The second-order valence-electron chi connectivity index (χ2n) is 8.71. The number of nitrogens with zero attached hydrogens (tertiary/aromatic N) is 2. The largest absolute Gasteiger partial charge is 0.435 e. The minimum absolute atomic E-state index is 0.0140. The lowest BCUT2D eigenvalue weighted by molar-refractivity contribution is -0.133. The maximum atomic E-state index is 13.2. The Morgan fingerprint density at radius 1 is 1.11 bits per heavy atom. The van der Waals surface area contributed by atoms with E-state index in [1.165, 1.54) is 17.0 Å². The lowest BCUT2D eigenvalue weighted by Crippen LogP contribution is -2.55. The van der Waals surface area contributed by atoms with E-state index in [4.69, 9.17) is 5.73 Å². The summed E-state index contributed by atoms with van der Waals surface area (Å²) >= 11 is 0. The van der Waals surface area contributed by atoms with Gasteiger partial charge >= 0.3 is 12.6 Å². The normalized spacial score (nSPS) is 17.7. The lowest BCUT2D eigenvalue weighted by Gasteiger charge is -2.37. The molecule has 0 aromatic heterocycles. The van der Waals surface area contributed by atoms with E-state index in [1.54, 1.807) is 24.3 Å². The number of nitrogens with two attached hydrogens (primary N) is 1. The van der Waals surface area contributed by atoms with Gasteiger partial charge in [0.2, 0.25) is 5.91 Å². The van der Waals surface area contributed by atoms with Crippen molar-refractivity contribution in [1.82, 2.24) is 15.1 Å². The average Bonchev–Trinajstić information content (AvgIpc) is 3.05. The van der Waals surface area contributed by atoms with E-state index in [0.29, 0.717) is 37.1 Å². The van der Waals surface area contributed by atoms with E-state index in [1.807, 2.05) is 18.6 Å². The maximum absolute atomic E-state index is 13.2. The fraction of sp³-hybridized carbons (Fsp3) is 0.360. The highest BCUT2D eigenvalue weighted by atomic mass is 19.3. The molecule has 4 amide bonds. The molecule has 0 bridgehead atoms. The van der Waals surface area contributed by atoms with Crippen molar-refractivity contribution in [3.63, 3.8) is 0 Å². The van der Waals surface area contributed by atoms with Gasteiger partial charge < -0.3 is 20.7 Å². The van der Waals surface area contributed by atoms with E-state index in [2.05, 4.69) is 15.0 Å². The molecule has 35 heavy (non-hydrogen) atoms. The smallest absolute Gasteiger partial charge is 0.387 e. The predicted octanol–water partition coefficient (Wildman–Crippen LogP) is 2.92. The van der Waals surface area contributed by atoms with E-state index < -0.39 is 24.1 Å². The number of hydrogen-bond acceptors (Lipinski definition) is 5. The minimum atomic E-state index is -2.92. The van der Waals surface area contributed by atoms with E-state index >= 15 is 0 Å². The Hall–Kier alpha value is -3.53. The number of amides is 4. The molecule has 8 nitrogen and oxygen atoms in total. The molecule has 2 aliphatic rings. The van der Waals surface area contributed by atoms with Gasteiger partial charge in [0, 0.05) is 18.7 Å². The Morgan fingerprint density at radius 3 is 2.46 bits per heavy atom. The fourth-order valence-electron chi connectivity index (χ4n) is 4.58. The number of ether oxygens (including phenoxy) is 1. The number of nitrogens with one attached hydrogen (secondary N) is 1. The number of alkyl halides is 2. The summed E-state index contributed by atoms with van der Waals surface area (Å²) in [6.07, 6.45) is 3.68. The SMILES string of the molecule is NC(=O)c1ccccc1[CH]CCN1CCC2(CC1)NC(=O)N(Cc1ccc(OC(F)F)cc1)C2=O. The zero-order valence-corrected chi connectivity index (χ0v) is 19.1. The molecule has 1 spiro atoms. The molecule has 0 unspecified atom stereocenters. The first-order valence-electron chi connectivity index (χ1n) is 11.4. The molecule has 0 atom stereocenters. The summed E-state index contributed by atoms with van der Waals surface area (Å²) in [4.78, 5) is 40.7. The topological polar surface area (TPSA) is 105 Å². The lowest BCUT2D eigenvalue weighted by atomic mass is 9.87. The van der Waals surface area contributed by atoms with Crippen LogP contribution in [0.1, 0.15) is 40.7 Å². The Bertz CT molecular complexity index is 1090. The number of primary amides is 1. The van der Waals surface area contributed by atoms with Crippen LogP contribution in [0.15, 0.2) is 48.5 Å². The number of carbonyl (C=O) groups is 3. The van der Waals surface area contributed by atoms with Crippen LogP contribution in [0.4, 0.5) is 13.6 Å². The third kappa shape index (κ3) is 5.59. The second-order valence-corrected chi connectivity index (χ2v) is 8.71. The Balaban J connectivity index is 1.29. The molecule has 2 aromatic carbocycles. The first-order valence-corrected chi connectivity index (χ1v) is 11.4. The van der Waals surface area contributed by atoms with Gasteiger partial charge in [-0.2, -0.15) is 8.78 Å². The highest BCUT2D eigenvalue weighted by molar-refractivity contribution is 6.07. The third-order valence-electron chi connectivity index (χ3n) is 6.48. The van der Waals surface area contributed by atoms with Gasteiger partial charge in [-0.3, -0.25) is 14.5 Å². The van der Waals surface area contributed by atoms with E-state index in [0.717, 1.165) is 18.5 Å². The predicted molar refractivity (Wildman–Crippen MR) is 124 cm³/mol. The number of benzene rings is 2. The van der Waals surface area contributed by atoms with Gasteiger partial charge in [-0.25, -0.2) is 4.79 Å². The van der Waals surface area contributed by atoms with Gasteiger partial charge in [-0.05, 0) is 61.6 Å². The van der Waals surface area contributed by atoms with Crippen LogP contribution in [0.5, 0.6) is 5.75 Å². The number of carbonyl (C=O) groups excluding carboxylic acids is 3. The minimum Gasteiger partial charge on any atom is -0.435 e. The van der Waals surface area contributed by atoms with Gasteiger partial charge in [0.1, 0.15) is 11.3 Å². The van der Waals surface area contributed by atoms with Crippen molar-refractivity contribution in [1.29, 1.82) is 0 Å². The highest BCUT2D eigenvalue weighted by Crippen LogP contribution is 2.31. The molecule has 4 rings (SSSR count). The standard InChI is InChI=1S/C25H27F2N4O4/c26-23(27)35-19-9-7-17(8-10-19)16-31-22(33)25(29-24(31)34)11-14-30(15-12-25)13-3-5-18-4-1-2-6-20(18)21(28)32/h1-2,4-10,23H,3,11-16H2,(H2,28,32)(H,29,34). The maximum Gasteiger partial charge on any atom is 0.387 e. The van der Waals surface area contributed by atoms with Crippen LogP contribution < -0.4 is 15.8 Å². The molecule has 10 heteroatoms. The summed E-state index contributed by atoms with van der Waals surface area (Å²) in [6.45, 7) is -0.821. The van der Waals surface area contributed by atoms with E-state index in [9.17, 15) is 23.2 Å². The van der Waals surface area contributed by atoms with Crippen molar-refractivity contribution in [3.8, 4) is 5.75 Å². The van der Waals surface area contributed by atoms with Crippen LogP contribution in [-0.2, 0) is 11.3 Å². The molecule has 2 heterocycles. The zero-order chi connectivity index (χ0) is 25.0. The molecule has 2 aromatic rings. The molecule has 0 saturated carbocycles. The van der Waals surface area contributed by atoms with Crippen LogP contribution in [0.25, 0.3) is 0 Å². The third-order valence-corrected chi connectivity index (χ3v) is 6.48. The second kappa shape index (κ2) is 10.4. The molecule has 2 fully saturated rings. The van der Waals surface area contributed by atoms with Gasteiger partial charge in [0.25, 0.3) is 5.91 Å². The van der Waals surface area contributed by atoms with Crippen molar-refractivity contribution in [2.75, 3.05) is 19.6 Å². The number of hydrogen-bond donors (Lipinski definition) is 2. The van der Waals surface area contributed by atoms with Gasteiger partial charge in [0.15, 0.2) is 0 Å². The number of halogens is 2. The van der Waals surface area contributed by atoms with Crippen LogP contribution in [0.2, 0.25) is 0 Å². The van der Waals surface area contributed by atoms with Gasteiger partial charge in [-0.15, -0.1) is 0 Å². The zero-order valence-electron chi connectivity index (χ0n) is 19.1. The molecule has 185 valence electrons. The van der Waals surface area contributed by atoms with Crippen molar-refractivity contribution >= 4 is 17.8 Å². The van der Waals surface area contributed by atoms with Crippen LogP contribution in [0.3, 0.4) is 0 Å². The monoisotopic (exact) mass is 485 g/mol. The van der Waals surface area contributed by atoms with Crippen molar-refractivity contribution < 1.29 is 27.9 Å². The first kappa shape index (κ1) is 24.6. The van der Waals surface area contributed by atoms with Gasteiger partial charge in [0.05, 0.1) is 6.54 Å². The summed E-state index contributed by atoms with van der Waals surface area (Å²) in [5, 5.41) is 2.88. The number of urea groups is 1. The van der Waals surface area contributed by atoms with Crippen molar-refractivity contribution in [2.45, 2.75) is 38.0 Å². The van der Waals surface area contributed by atoms with Crippen LogP contribution >= 0.6 is 0 Å². The first-order chi connectivity index (χ1) is 16.8. The van der Waals surface area contributed by atoms with E-state index in [-0.39, 0.29) is 18.2 Å². The summed E-state index contributed by atoms with van der Waals surface area (Å²) in [5.74, 6) is -0.716. The number of imide groups is 1.